The number of sulfone groups is 1. The van der Waals surface area contributed by atoms with Gasteiger partial charge in [-0.3, -0.25) is 0 Å². The molecule has 2 aromatic carbocycles. The lowest BCUT2D eigenvalue weighted by Crippen LogP contribution is -2.33. The molecule has 0 saturated heterocycles. The van der Waals surface area contributed by atoms with Crippen molar-refractivity contribution in [3.63, 3.8) is 0 Å². The highest BCUT2D eigenvalue weighted by molar-refractivity contribution is 7.92. The zero-order valence-corrected chi connectivity index (χ0v) is 17.7. The topological polar surface area (TPSA) is 86.5 Å². The lowest BCUT2D eigenvalue weighted by atomic mass is 10.0. The fourth-order valence-corrected chi connectivity index (χ4v) is 5.12. The number of ether oxygens (including phenoxy) is 1. The lowest BCUT2D eigenvalue weighted by Gasteiger charge is -2.17. The van der Waals surface area contributed by atoms with Crippen molar-refractivity contribution in [3.8, 4) is 0 Å². The standard InChI is InChI=1S/C22H24ClNO4S/c1-2-28-22(25)10-4-15-3-5-17-12-16(13-18(17)11-15)14-21(24)29(26,27)20-8-6-19(23)7-9-20/h3-11,16,21H,2,12-14,24H2,1H3/b10-4+. The number of hydrogen-bond donors (Lipinski definition) is 1. The van der Waals surface area contributed by atoms with Crippen LogP contribution in [0.25, 0.3) is 6.08 Å². The van der Waals surface area contributed by atoms with Crippen molar-refractivity contribution in [2.45, 2.75) is 36.5 Å². The van der Waals surface area contributed by atoms with Crippen LogP contribution in [-0.2, 0) is 32.2 Å². The number of fused-ring (bicyclic) bond motifs is 1. The zero-order valence-electron chi connectivity index (χ0n) is 16.2. The molecule has 2 atom stereocenters. The van der Waals surface area contributed by atoms with Crippen molar-refractivity contribution in [2.24, 2.45) is 11.7 Å². The van der Waals surface area contributed by atoms with Gasteiger partial charge in [-0.15, -0.1) is 0 Å². The van der Waals surface area contributed by atoms with Gasteiger partial charge in [0.05, 0.1) is 11.5 Å². The van der Waals surface area contributed by atoms with Crippen molar-refractivity contribution in [2.75, 3.05) is 6.61 Å². The maximum Gasteiger partial charge on any atom is 0.330 e. The Morgan fingerprint density at radius 2 is 1.90 bits per heavy atom. The van der Waals surface area contributed by atoms with Crippen molar-refractivity contribution in [1.82, 2.24) is 0 Å². The van der Waals surface area contributed by atoms with Crippen LogP contribution in [0, 0.1) is 5.92 Å². The van der Waals surface area contributed by atoms with Gasteiger partial charge in [-0.1, -0.05) is 29.8 Å². The molecule has 3 rings (SSSR count). The molecule has 2 N–H and O–H groups in total. The van der Waals surface area contributed by atoms with Crippen molar-refractivity contribution in [3.05, 3.63) is 70.3 Å². The first-order valence-corrected chi connectivity index (χ1v) is 11.4. The molecule has 2 aromatic rings. The van der Waals surface area contributed by atoms with Crippen LogP contribution in [0.3, 0.4) is 0 Å². The summed E-state index contributed by atoms with van der Waals surface area (Å²) >= 11 is 5.84. The third-order valence-electron chi connectivity index (χ3n) is 5.05. The predicted octanol–water partition coefficient (Wildman–Crippen LogP) is 3.78. The highest BCUT2D eigenvalue weighted by Crippen LogP contribution is 2.32. The number of benzene rings is 2. The molecule has 7 heteroatoms. The van der Waals surface area contributed by atoms with Crippen molar-refractivity contribution in [1.29, 1.82) is 0 Å². The molecule has 0 radical (unpaired) electrons. The Morgan fingerprint density at radius 3 is 2.59 bits per heavy atom. The molecule has 5 nitrogen and oxygen atoms in total. The highest BCUT2D eigenvalue weighted by Gasteiger charge is 2.30. The van der Waals surface area contributed by atoms with Crippen LogP contribution in [0.1, 0.15) is 30.0 Å². The van der Waals surface area contributed by atoms with Crippen LogP contribution in [-0.4, -0.2) is 26.4 Å². The smallest absolute Gasteiger partial charge is 0.330 e. The second-order valence-electron chi connectivity index (χ2n) is 7.16. The molecule has 0 aromatic heterocycles. The first-order valence-electron chi connectivity index (χ1n) is 9.51. The van der Waals surface area contributed by atoms with Crippen LogP contribution < -0.4 is 5.73 Å². The molecule has 154 valence electrons. The molecule has 0 aliphatic heterocycles. The van der Waals surface area contributed by atoms with Gasteiger partial charge in [-0.25, -0.2) is 13.2 Å². The average Bonchev–Trinajstić information content (AvgIpc) is 3.08. The van der Waals surface area contributed by atoms with E-state index in [0.717, 1.165) is 24.0 Å². The van der Waals surface area contributed by atoms with Gasteiger partial charge in [0.1, 0.15) is 5.37 Å². The van der Waals surface area contributed by atoms with Crippen LogP contribution in [0.4, 0.5) is 0 Å². The molecule has 0 heterocycles. The van der Waals surface area contributed by atoms with Gasteiger partial charge in [-0.2, -0.15) is 0 Å². The molecule has 1 aliphatic rings. The van der Waals surface area contributed by atoms with Crippen molar-refractivity contribution < 1.29 is 17.9 Å². The van der Waals surface area contributed by atoms with E-state index in [9.17, 15) is 13.2 Å². The Morgan fingerprint density at radius 1 is 1.21 bits per heavy atom. The average molecular weight is 434 g/mol. The third kappa shape index (κ3) is 5.26. The first-order chi connectivity index (χ1) is 13.8. The summed E-state index contributed by atoms with van der Waals surface area (Å²) in [6, 6.07) is 12.1. The van der Waals surface area contributed by atoms with Gasteiger partial charge >= 0.3 is 5.97 Å². The maximum absolute atomic E-state index is 12.7. The fourth-order valence-electron chi connectivity index (χ4n) is 3.61. The summed E-state index contributed by atoms with van der Waals surface area (Å²) in [5, 5.41) is -0.484. The van der Waals surface area contributed by atoms with Gasteiger partial charge < -0.3 is 10.5 Å². The monoisotopic (exact) mass is 433 g/mol. The Balaban J connectivity index is 1.66. The Kier molecular flexibility index (Phi) is 6.77. The van der Waals surface area contributed by atoms with Gasteiger partial charge in [0, 0.05) is 11.1 Å². The fraction of sp³-hybridized carbons (Fsp3) is 0.318. The van der Waals surface area contributed by atoms with Crippen LogP contribution in [0.15, 0.2) is 53.4 Å². The molecule has 29 heavy (non-hydrogen) atoms. The number of rotatable bonds is 7. The minimum atomic E-state index is -3.61. The van der Waals surface area contributed by atoms with E-state index in [0.29, 0.717) is 18.1 Å². The number of nitrogens with two attached hydrogens (primary N) is 1. The van der Waals surface area contributed by atoms with E-state index >= 15 is 0 Å². The molecular weight excluding hydrogens is 410 g/mol. The molecule has 0 bridgehead atoms. The van der Waals surface area contributed by atoms with Crippen LogP contribution >= 0.6 is 11.6 Å². The number of carbonyl (C=O) groups is 1. The Hall–Kier alpha value is -2.15. The number of halogens is 1. The second kappa shape index (κ2) is 9.11. The molecule has 1 aliphatic carbocycles. The number of carbonyl (C=O) groups excluding carboxylic acids is 1. The second-order valence-corrected chi connectivity index (χ2v) is 9.76. The zero-order chi connectivity index (χ0) is 21.0. The van der Waals surface area contributed by atoms with E-state index in [1.807, 2.05) is 18.2 Å². The quantitative estimate of drug-likeness (QED) is 0.530. The first kappa shape index (κ1) is 21.6. The lowest BCUT2D eigenvalue weighted by molar-refractivity contribution is -0.137. The highest BCUT2D eigenvalue weighted by atomic mass is 35.5. The van der Waals surface area contributed by atoms with Crippen molar-refractivity contribution >= 4 is 33.5 Å². The molecule has 0 spiro atoms. The summed E-state index contributed by atoms with van der Waals surface area (Å²) < 4.78 is 30.4. The summed E-state index contributed by atoms with van der Waals surface area (Å²) in [6.45, 7) is 2.10. The van der Waals surface area contributed by atoms with E-state index < -0.39 is 15.2 Å². The van der Waals surface area contributed by atoms with Crippen LogP contribution in [0.2, 0.25) is 5.02 Å². The van der Waals surface area contributed by atoms with Gasteiger partial charge in [0.2, 0.25) is 0 Å². The number of esters is 1. The largest absolute Gasteiger partial charge is 0.463 e. The predicted molar refractivity (Wildman–Crippen MR) is 114 cm³/mol. The molecule has 0 fully saturated rings. The molecule has 0 amide bonds. The van der Waals surface area contributed by atoms with E-state index in [1.165, 1.54) is 23.8 Å². The van der Waals surface area contributed by atoms with Crippen LogP contribution in [0.5, 0.6) is 0 Å². The summed E-state index contributed by atoms with van der Waals surface area (Å²) in [7, 11) is -3.61. The molecule has 2 unspecified atom stereocenters. The Bertz CT molecular complexity index is 1020. The van der Waals surface area contributed by atoms with Gasteiger partial charge in [0.15, 0.2) is 9.84 Å². The number of hydrogen-bond acceptors (Lipinski definition) is 5. The molecule has 0 saturated carbocycles. The minimum Gasteiger partial charge on any atom is -0.463 e. The minimum absolute atomic E-state index is 0.159. The summed E-state index contributed by atoms with van der Waals surface area (Å²) in [4.78, 5) is 11.7. The molecular formula is C22H24ClNO4S. The van der Waals surface area contributed by atoms with E-state index in [2.05, 4.69) is 0 Å². The van der Waals surface area contributed by atoms with E-state index in [4.69, 9.17) is 22.1 Å². The summed E-state index contributed by atoms with van der Waals surface area (Å²) in [5.74, 6) is -0.212. The van der Waals surface area contributed by atoms with Gasteiger partial charge in [-0.05, 0) is 79.1 Å². The maximum atomic E-state index is 12.7. The third-order valence-corrected chi connectivity index (χ3v) is 7.22. The Labute approximate surface area is 176 Å². The normalized spacial score (nSPS) is 17.3. The summed E-state index contributed by atoms with van der Waals surface area (Å²) in [6.07, 6.45) is 5.07. The van der Waals surface area contributed by atoms with E-state index in [-0.39, 0.29) is 16.8 Å². The SMILES string of the molecule is CCOC(=O)/C=C/c1ccc2c(c1)CC(CC(N)S(=O)(=O)c1ccc(Cl)cc1)C2. The van der Waals surface area contributed by atoms with E-state index in [1.54, 1.807) is 25.1 Å². The summed E-state index contributed by atoms with van der Waals surface area (Å²) in [5.41, 5.74) is 9.36. The van der Waals surface area contributed by atoms with Gasteiger partial charge in [0.25, 0.3) is 0 Å².